The fourth-order valence-corrected chi connectivity index (χ4v) is 4.78. The largest absolute Gasteiger partial charge is 0.397 e. The van der Waals surface area contributed by atoms with Gasteiger partial charge in [-0.3, -0.25) is 9.36 Å². The summed E-state index contributed by atoms with van der Waals surface area (Å²) in [5, 5.41) is 4.85. The molecular weight excluding hydrogens is 391 g/mol. The van der Waals surface area contributed by atoms with Crippen molar-refractivity contribution in [3.05, 3.63) is 71.1 Å². The van der Waals surface area contributed by atoms with E-state index in [1.165, 1.54) is 0 Å². The number of carbonyl (C=O) groups is 1. The van der Waals surface area contributed by atoms with Crippen LogP contribution in [0.15, 0.2) is 60.0 Å². The van der Waals surface area contributed by atoms with Gasteiger partial charge in [-0.05, 0) is 53.8 Å². The first-order chi connectivity index (χ1) is 13.3. The Kier molecular flexibility index (Phi) is 6.04. The molecule has 2 aromatic carbocycles. The number of rotatable bonds is 6. The van der Waals surface area contributed by atoms with Crippen molar-refractivity contribution in [2.45, 2.75) is 19.5 Å². The minimum absolute atomic E-state index is 0.219. The summed E-state index contributed by atoms with van der Waals surface area (Å²) in [7, 11) is -3.23. The lowest BCUT2D eigenvalue weighted by Crippen LogP contribution is -2.13. The fourth-order valence-electron chi connectivity index (χ4n) is 2.87. The van der Waals surface area contributed by atoms with E-state index in [0.717, 1.165) is 16.0 Å². The highest BCUT2D eigenvalue weighted by Gasteiger charge is 2.26. The zero-order valence-electron chi connectivity index (χ0n) is 15.8. The Hall–Kier alpha value is -2.40. The highest BCUT2D eigenvalue weighted by molar-refractivity contribution is 7.58. The Labute approximate surface area is 168 Å². The first-order valence-corrected chi connectivity index (χ1v) is 11.8. The molecule has 0 aliphatic rings. The predicted octanol–water partition coefficient (Wildman–Crippen LogP) is 5.60. The molecule has 0 bridgehead atoms. The molecule has 5 nitrogen and oxygen atoms in total. The van der Waals surface area contributed by atoms with Gasteiger partial charge in [0, 0.05) is 16.6 Å². The highest BCUT2D eigenvalue weighted by Crippen LogP contribution is 2.54. The van der Waals surface area contributed by atoms with Gasteiger partial charge in [0.1, 0.15) is 0 Å². The number of anilines is 2. The van der Waals surface area contributed by atoms with E-state index < -0.39 is 13.0 Å². The molecule has 3 rings (SSSR count). The van der Waals surface area contributed by atoms with E-state index in [1.54, 1.807) is 55.5 Å². The number of nitrogens with one attached hydrogen (secondary N) is 1. The molecule has 0 saturated carbocycles. The van der Waals surface area contributed by atoms with E-state index in [0.29, 0.717) is 16.9 Å². The van der Waals surface area contributed by atoms with Crippen LogP contribution in [0.4, 0.5) is 11.4 Å². The normalized spacial score (nSPS) is 14.2. The van der Waals surface area contributed by atoms with Gasteiger partial charge >= 0.3 is 0 Å². The van der Waals surface area contributed by atoms with E-state index in [2.05, 4.69) is 5.32 Å². The summed E-state index contributed by atoms with van der Waals surface area (Å²) < 4.78 is 12.2. The van der Waals surface area contributed by atoms with Crippen molar-refractivity contribution in [1.29, 1.82) is 0 Å². The van der Waals surface area contributed by atoms with Crippen LogP contribution in [0.2, 0.25) is 0 Å². The summed E-state index contributed by atoms with van der Waals surface area (Å²) in [5.41, 5.74) is 8.79. The van der Waals surface area contributed by atoms with Crippen molar-refractivity contribution in [3.8, 4) is 10.4 Å². The van der Waals surface area contributed by atoms with Gasteiger partial charge in [-0.15, -0.1) is 11.3 Å². The van der Waals surface area contributed by atoms with Gasteiger partial charge in [0.2, 0.25) is 7.37 Å². The van der Waals surface area contributed by atoms with Crippen LogP contribution in [0.1, 0.15) is 35.4 Å². The van der Waals surface area contributed by atoms with E-state index >= 15 is 0 Å². The van der Waals surface area contributed by atoms with Crippen LogP contribution in [0.5, 0.6) is 0 Å². The molecule has 0 radical (unpaired) electrons. The molecule has 2 atom stereocenters. The topological polar surface area (TPSA) is 92.4 Å². The zero-order chi connectivity index (χ0) is 20.3. The number of carbonyl (C=O) groups excluding carboxylic acids is 1. The van der Waals surface area contributed by atoms with Crippen molar-refractivity contribution in [3.63, 3.8) is 0 Å². The molecule has 7 heteroatoms. The van der Waals surface area contributed by atoms with Crippen molar-refractivity contribution >= 4 is 36.0 Å². The number of nitrogens with two attached hydrogens (primary N) is 1. The molecule has 0 fully saturated rings. The Morgan fingerprint density at radius 3 is 2.54 bits per heavy atom. The van der Waals surface area contributed by atoms with Gasteiger partial charge in [-0.25, -0.2) is 0 Å². The second-order valence-electron chi connectivity index (χ2n) is 6.60. The lowest BCUT2D eigenvalue weighted by molar-refractivity contribution is 0.102. The van der Waals surface area contributed by atoms with Crippen LogP contribution >= 0.6 is 18.7 Å². The first kappa shape index (κ1) is 20.3. The number of amides is 1. The molecular formula is C21H23N2O3PS. The lowest BCUT2D eigenvalue weighted by atomic mass is 10.1. The molecule has 0 aliphatic carbocycles. The molecule has 0 spiro atoms. The lowest BCUT2D eigenvalue weighted by Gasteiger charge is -2.18. The number of hydrogen-bond acceptors (Lipinski definition) is 4. The summed E-state index contributed by atoms with van der Waals surface area (Å²) >= 11 is 1.62. The van der Waals surface area contributed by atoms with Gasteiger partial charge in [0.05, 0.1) is 17.0 Å². The van der Waals surface area contributed by atoms with Crippen LogP contribution in [0.25, 0.3) is 10.4 Å². The third-order valence-electron chi connectivity index (χ3n) is 4.82. The number of thiophene rings is 1. The minimum Gasteiger partial charge on any atom is -0.397 e. The predicted molar refractivity (Wildman–Crippen MR) is 117 cm³/mol. The average Bonchev–Trinajstić information content (AvgIpc) is 3.24. The number of nitrogen functional groups attached to an aromatic ring is 1. The summed E-state index contributed by atoms with van der Waals surface area (Å²) in [6.45, 7) is 3.43. The third-order valence-corrected chi connectivity index (χ3v) is 8.15. The van der Waals surface area contributed by atoms with Crippen LogP contribution in [-0.2, 0) is 4.57 Å². The van der Waals surface area contributed by atoms with Crippen molar-refractivity contribution in [2.24, 2.45) is 0 Å². The van der Waals surface area contributed by atoms with Crippen LogP contribution in [0, 0.1) is 0 Å². The van der Waals surface area contributed by atoms with Gasteiger partial charge in [-0.2, -0.15) is 0 Å². The number of hydrogen-bond donors (Lipinski definition) is 3. The summed E-state index contributed by atoms with van der Waals surface area (Å²) in [5.74, 6) is -0.281. The molecule has 3 aromatic rings. The zero-order valence-corrected chi connectivity index (χ0v) is 17.5. The van der Waals surface area contributed by atoms with Crippen molar-refractivity contribution < 1.29 is 14.3 Å². The summed E-state index contributed by atoms with van der Waals surface area (Å²) in [6.07, 6.45) is 0.219. The molecule has 4 N–H and O–H groups in total. The summed E-state index contributed by atoms with van der Waals surface area (Å²) in [4.78, 5) is 23.7. The molecule has 2 unspecified atom stereocenters. The Morgan fingerprint density at radius 2 is 1.93 bits per heavy atom. The highest BCUT2D eigenvalue weighted by atomic mass is 32.1. The second kappa shape index (κ2) is 8.31. The molecule has 1 aromatic heterocycles. The van der Waals surface area contributed by atoms with E-state index in [9.17, 15) is 14.3 Å². The molecule has 28 heavy (non-hydrogen) atoms. The Bertz CT molecular complexity index is 1020. The van der Waals surface area contributed by atoms with E-state index in [4.69, 9.17) is 5.73 Å². The smallest absolute Gasteiger partial charge is 0.255 e. The Balaban J connectivity index is 1.78. The van der Waals surface area contributed by atoms with Gasteiger partial charge in [0.15, 0.2) is 0 Å². The van der Waals surface area contributed by atoms with Gasteiger partial charge in [-0.1, -0.05) is 31.2 Å². The number of benzene rings is 2. The maximum atomic E-state index is 12.6. The molecule has 1 heterocycles. The van der Waals surface area contributed by atoms with Crippen molar-refractivity contribution in [2.75, 3.05) is 17.2 Å². The van der Waals surface area contributed by atoms with Crippen molar-refractivity contribution in [1.82, 2.24) is 0 Å². The second-order valence-corrected chi connectivity index (χ2v) is 10.5. The third kappa shape index (κ3) is 4.36. The van der Waals surface area contributed by atoms with Crippen LogP contribution in [0.3, 0.4) is 0 Å². The average molecular weight is 414 g/mol. The first-order valence-electron chi connectivity index (χ1n) is 8.98. The quantitative estimate of drug-likeness (QED) is 0.361. The maximum absolute atomic E-state index is 12.6. The molecule has 0 aliphatic heterocycles. The van der Waals surface area contributed by atoms with E-state index in [-0.39, 0.29) is 12.1 Å². The van der Waals surface area contributed by atoms with E-state index in [1.807, 2.05) is 29.6 Å². The van der Waals surface area contributed by atoms with Gasteiger partial charge in [0.25, 0.3) is 5.91 Å². The fraction of sp³-hybridized carbons (Fsp3) is 0.190. The summed E-state index contributed by atoms with van der Waals surface area (Å²) in [6, 6.07) is 16.3. The standard InChI is InChI=1S/C21H23N2O3PS/c1-3-27(25,26)14(2)15-6-8-16(9-7-15)21(24)23-19-13-17(10-11-18(19)22)20-5-4-12-28-20/h4-14H,3,22H2,1-2H3,(H,23,24)(H,25,26). The maximum Gasteiger partial charge on any atom is 0.255 e. The molecule has 146 valence electrons. The Morgan fingerprint density at radius 1 is 1.21 bits per heavy atom. The monoisotopic (exact) mass is 414 g/mol. The minimum atomic E-state index is -3.23. The van der Waals surface area contributed by atoms with Gasteiger partial charge < -0.3 is 15.9 Å². The van der Waals surface area contributed by atoms with Crippen LogP contribution < -0.4 is 11.1 Å². The molecule has 0 saturated heterocycles. The van der Waals surface area contributed by atoms with Crippen LogP contribution in [-0.4, -0.2) is 17.0 Å². The SMILES string of the molecule is CCP(=O)(O)C(C)c1ccc(C(=O)Nc2cc(-c3cccs3)ccc2N)cc1. The molecule has 1 amide bonds.